The van der Waals surface area contributed by atoms with E-state index in [4.69, 9.17) is 11.6 Å². The molecule has 2 rings (SSSR count). The summed E-state index contributed by atoms with van der Waals surface area (Å²) >= 11 is 7.42. The lowest BCUT2D eigenvalue weighted by Gasteiger charge is -2.35. The lowest BCUT2D eigenvalue weighted by atomic mass is 9.78. The van der Waals surface area contributed by atoms with E-state index in [0.717, 1.165) is 18.4 Å². The molecule has 1 heterocycles. The maximum atomic E-state index is 5.84. The van der Waals surface area contributed by atoms with Gasteiger partial charge in [-0.2, -0.15) is 0 Å². The van der Waals surface area contributed by atoms with Gasteiger partial charge in [0.2, 0.25) is 0 Å². The summed E-state index contributed by atoms with van der Waals surface area (Å²) in [7, 11) is 0. The van der Waals surface area contributed by atoms with Crippen LogP contribution in [0.5, 0.6) is 0 Å². The zero-order valence-corrected chi connectivity index (χ0v) is 12.2. The van der Waals surface area contributed by atoms with E-state index in [1.807, 2.05) is 6.20 Å². The highest BCUT2D eigenvalue weighted by atomic mass is 35.5. The molecule has 2 nitrogen and oxygen atoms in total. The van der Waals surface area contributed by atoms with Gasteiger partial charge in [-0.15, -0.1) is 11.3 Å². The molecule has 96 valence electrons. The average molecular weight is 273 g/mol. The van der Waals surface area contributed by atoms with E-state index >= 15 is 0 Å². The second-order valence-corrected chi connectivity index (χ2v) is 6.96. The number of hydrogen-bond acceptors (Lipinski definition) is 3. The summed E-state index contributed by atoms with van der Waals surface area (Å²) in [5.74, 6) is 1.60. The molecule has 1 saturated carbocycles. The minimum absolute atomic E-state index is 0.644. The highest BCUT2D eigenvalue weighted by Gasteiger charge is 2.26. The zero-order chi connectivity index (χ0) is 12.3. The Balaban J connectivity index is 1.88. The van der Waals surface area contributed by atoms with Crippen LogP contribution in [0, 0.1) is 11.8 Å². The Morgan fingerprint density at radius 1 is 1.47 bits per heavy atom. The number of nitrogens with one attached hydrogen (secondary N) is 1. The molecule has 17 heavy (non-hydrogen) atoms. The third kappa shape index (κ3) is 3.67. The second-order valence-electron chi connectivity index (χ2n) is 5.26. The van der Waals surface area contributed by atoms with Crippen molar-refractivity contribution < 1.29 is 0 Å². The highest BCUT2D eigenvalue weighted by molar-refractivity contribution is 7.15. The number of nitrogens with zero attached hydrogens (tertiary/aromatic N) is 1. The van der Waals surface area contributed by atoms with Crippen LogP contribution >= 0.6 is 22.9 Å². The Morgan fingerprint density at radius 3 is 2.88 bits per heavy atom. The van der Waals surface area contributed by atoms with Gasteiger partial charge in [-0.05, 0) is 24.7 Å². The van der Waals surface area contributed by atoms with Crippen LogP contribution in [0.3, 0.4) is 0 Å². The van der Waals surface area contributed by atoms with Crippen molar-refractivity contribution in [3.8, 4) is 0 Å². The largest absolute Gasteiger partial charge is 0.309 e. The maximum Gasteiger partial charge on any atom is 0.183 e. The number of rotatable bonds is 4. The monoisotopic (exact) mass is 272 g/mol. The summed E-state index contributed by atoms with van der Waals surface area (Å²) in [6, 6.07) is 0.671. The first-order valence-corrected chi connectivity index (χ1v) is 7.70. The fraction of sp³-hybridized carbons (Fsp3) is 0.769. The van der Waals surface area contributed by atoms with Gasteiger partial charge in [0.1, 0.15) is 0 Å². The Morgan fingerprint density at radius 2 is 2.24 bits per heavy atom. The Hall–Kier alpha value is -0.120. The third-order valence-corrected chi connectivity index (χ3v) is 4.85. The molecule has 0 bridgehead atoms. The molecule has 4 heteroatoms. The van der Waals surface area contributed by atoms with Gasteiger partial charge >= 0.3 is 0 Å². The molecule has 0 radical (unpaired) electrons. The van der Waals surface area contributed by atoms with Gasteiger partial charge in [-0.25, -0.2) is 4.98 Å². The van der Waals surface area contributed by atoms with Crippen molar-refractivity contribution in [2.24, 2.45) is 11.8 Å². The minimum Gasteiger partial charge on any atom is -0.309 e. The first-order valence-electron chi connectivity index (χ1n) is 6.50. The van der Waals surface area contributed by atoms with Crippen LogP contribution in [0.15, 0.2) is 6.20 Å². The summed E-state index contributed by atoms with van der Waals surface area (Å²) in [6.07, 6.45) is 7.33. The predicted molar refractivity (Wildman–Crippen MR) is 74.5 cm³/mol. The van der Waals surface area contributed by atoms with Gasteiger partial charge in [-0.1, -0.05) is 38.3 Å². The number of thiazole rings is 1. The summed E-state index contributed by atoms with van der Waals surface area (Å²) in [5.41, 5.74) is 0. The number of halogens is 1. The van der Waals surface area contributed by atoms with E-state index in [0.29, 0.717) is 10.5 Å². The fourth-order valence-electron chi connectivity index (χ4n) is 2.81. The molecule has 0 unspecified atom stereocenters. The Kier molecular flexibility index (Phi) is 4.83. The SMILES string of the molecule is CC(C)[C@H]1CCCC[C@H]1NCc1cnc(Cl)s1. The lowest BCUT2D eigenvalue weighted by Crippen LogP contribution is -2.40. The standard InChI is InChI=1S/C13H21ClN2S/c1-9(2)11-5-3-4-6-12(11)15-7-10-8-16-13(14)17-10/h8-9,11-12,15H,3-7H2,1-2H3/t11-,12-/m1/s1. The Bertz CT molecular complexity index is 351. The average Bonchev–Trinajstić information content (AvgIpc) is 2.73. The molecule has 1 aliphatic rings. The van der Waals surface area contributed by atoms with Crippen LogP contribution < -0.4 is 5.32 Å². The van der Waals surface area contributed by atoms with E-state index in [-0.39, 0.29) is 0 Å². The van der Waals surface area contributed by atoms with Crippen molar-refractivity contribution in [3.63, 3.8) is 0 Å². The molecule has 1 aromatic rings. The summed E-state index contributed by atoms with van der Waals surface area (Å²) in [6.45, 7) is 5.60. The van der Waals surface area contributed by atoms with Crippen LogP contribution in [-0.4, -0.2) is 11.0 Å². The number of aromatic nitrogens is 1. The van der Waals surface area contributed by atoms with Gasteiger partial charge in [-0.3, -0.25) is 0 Å². The van der Waals surface area contributed by atoms with Crippen molar-refractivity contribution in [1.29, 1.82) is 0 Å². The fourth-order valence-corrected chi connectivity index (χ4v) is 3.74. The van der Waals surface area contributed by atoms with Crippen molar-refractivity contribution >= 4 is 22.9 Å². The summed E-state index contributed by atoms with van der Waals surface area (Å²) in [5, 5.41) is 3.69. The minimum atomic E-state index is 0.644. The molecule has 1 fully saturated rings. The molecule has 0 aliphatic heterocycles. The van der Waals surface area contributed by atoms with Crippen LogP contribution in [0.4, 0.5) is 0 Å². The van der Waals surface area contributed by atoms with E-state index in [9.17, 15) is 0 Å². The van der Waals surface area contributed by atoms with E-state index in [1.165, 1.54) is 30.6 Å². The highest BCUT2D eigenvalue weighted by Crippen LogP contribution is 2.30. The molecule has 1 aromatic heterocycles. The van der Waals surface area contributed by atoms with Gasteiger partial charge in [0.25, 0.3) is 0 Å². The smallest absolute Gasteiger partial charge is 0.183 e. The van der Waals surface area contributed by atoms with E-state index in [1.54, 1.807) is 11.3 Å². The molecule has 1 aliphatic carbocycles. The zero-order valence-electron chi connectivity index (χ0n) is 10.6. The van der Waals surface area contributed by atoms with Crippen molar-refractivity contribution in [1.82, 2.24) is 10.3 Å². The molecule has 2 atom stereocenters. The third-order valence-electron chi connectivity index (χ3n) is 3.74. The van der Waals surface area contributed by atoms with Crippen molar-refractivity contribution in [2.75, 3.05) is 0 Å². The molecule has 1 N–H and O–H groups in total. The van der Waals surface area contributed by atoms with Gasteiger partial charge in [0.15, 0.2) is 4.47 Å². The summed E-state index contributed by atoms with van der Waals surface area (Å²) < 4.78 is 0.644. The second kappa shape index (κ2) is 6.17. The van der Waals surface area contributed by atoms with E-state index in [2.05, 4.69) is 24.1 Å². The lowest BCUT2D eigenvalue weighted by molar-refractivity contribution is 0.205. The molecular formula is C13H21ClN2S. The van der Waals surface area contributed by atoms with Crippen LogP contribution in [-0.2, 0) is 6.54 Å². The summed E-state index contributed by atoms with van der Waals surface area (Å²) in [4.78, 5) is 5.32. The topological polar surface area (TPSA) is 24.9 Å². The Labute approximate surface area is 113 Å². The van der Waals surface area contributed by atoms with E-state index < -0.39 is 0 Å². The van der Waals surface area contributed by atoms with Gasteiger partial charge < -0.3 is 5.32 Å². The van der Waals surface area contributed by atoms with Crippen molar-refractivity contribution in [2.45, 2.75) is 52.1 Å². The molecular weight excluding hydrogens is 252 g/mol. The van der Waals surface area contributed by atoms with Crippen LogP contribution in [0.2, 0.25) is 4.47 Å². The van der Waals surface area contributed by atoms with Gasteiger partial charge in [0, 0.05) is 23.7 Å². The maximum absolute atomic E-state index is 5.84. The molecule has 0 amide bonds. The molecule has 0 spiro atoms. The van der Waals surface area contributed by atoms with Crippen LogP contribution in [0.25, 0.3) is 0 Å². The van der Waals surface area contributed by atoms with Crippen LogP contribution in [0.1, 0.15) is 44.4 Å². The number of hydrogen-bond donors (Lipinski definition) is 1. The van der Waals surface area contributed by atoms with Gasteiger partial charge in [0.05, 0.1) is 0 Å². The first-order chi connectivity index (χ1) is 8.16. The quantitative estimate of drug-likeness (QED) is 0.893. The molecule has 0 saturated heterocycles. The van der Waals surface area contributed by atoms with Crippen molar-refractivity contribution in [3.05, 3.63) is 15.5 Å². The first kappa shape index (κ1) is 13.3. The predicted octanol–water partition coefficient (Wildman–Crippen LogP) is 4.10. The normalized spacial score (nSPS) is 25.4. The molecule has 0 aromatic carbocycles.